The van der Waals surface area contributed by atoms with Gasteiger partial charge in [-0.05, 0) is 24.7 Å². The van der Waals surface area contributed by atoms with Gasteiger partial charge in [-0.25, -0.2) is 0 Å². The fourth-order valence-corrected chi connectivity index (χ4v) is 2.68. The summed E-state index contributed by atoms with van der Waals surface area (Å²) in [5.74, 6) is -0.0760. The van der Waals surface area contributed by atoms with Crippen LogP contribution in [0.3, 0.4) is 0 Å². The zero-order valence-corrected chi connectivity index (χ0v) is 13.8. The Morgan fingerprint density at radius 3 is 2.32 bits per heavy atom. The highest BCUT2D eigenvalue weighted by atomic mass is 35.5. The van der Waals surface area contributed by atoms with Crippen molar-refractivity contribution < 1.29 is 9.59 Å². The second-order valence-electron chi connectivity index (χ2n) is 5.69. The van der Waals surface area contributed by atoms with Crippen molar-refractivity contribution in [1.82, 2.24) is 15.1 Å². The molecule has 1 aliphatic rings. The summed E-state index contributed by atoms with van der Waals surface area (Å²) < 4.78 is 0. The van der Waals surface area contributed by atoms with Crippen molar-refractivity contribution >= 4 is 23.4 Å². The zero-order chi connectivity index (χ0) is 16.1. The van der Waals surface area contributed by atoms with Crippen molar-refractivity contribution in [2.24, 2.45) is 0 Å². The van der Waals surface area contributed by atoms with E-state index in [0.717, 1.165) is 31.7 Å². The minimum Gasteiger partial charge on any atom is -0.349 e. The summed E-state index contributed by atoms with van der Waals surface area (Å²) in [6.45, 7) is 4.71. The first kappa shape index (κ1) is 16.8. The Labute approximate surface area is 136 Å². The Hall–Kier alpha value is -1.59. The topological polar surface area (TPSA) is 52.7 Å². The standard InChI is InChI=1S/C16H22ClN3O2/c1-12(21)18-15(13-3-5-14(17)6-4-13)11-16(22)20-9-7-19(2)8-10-20/h3-6,15H,7-11H2,1-2H3,(H,18,21). The summed E-state index contributed by atoms with van der Waals surface area (Å²) in [6.07, 6.45) is 0.269. The average molecular weight is 324 g/mol. The first-order chi connectivity index (χ1) is 10.5. The second kappa shape index (κ2) is 7.61. The molecule has 120 valence electrons. The van der Waals surface area contributed by atoms with Gasteiger partial charge in [0, 0.05) is 38.1 Å². The average Bonchev–Trinajstić information content (AvgIpc) is 2.47. The van der Waals surface area contributed by atoms with Crippen molar-refractivity contribution in [2.45, 2.75) is 19.4 Å². The number of piperazine rings is 1. The molecule has 5 nitrogen and oxygen atoms in total. The van der Waals surface area contributed by atoms with Crippen molar-refractivity contribution in [3.63, 3.8) is 0 Å². The van der Waals surface area contributed by atoms with Crippen LogP contribution in [-0.2, 0) is 9.59 Å². The van der Waals surface area contributed by atoms with Gasteiger partial charge in [0.05, 0.1) is 12.5 Å². The number of rotatable bonds is 4. The molecule has 1 aromatic rings. The molecule has 1 fully saturated rings. The molecule has 0 saturated carbocycles. The third-order valence-corrected chi connectivity index (χ3v) is 4.14. The van der Waals surface area contributed by atoms with Crippen LogP contribution in [0.4, 0.5) is 0 Å². The number of nitrogens with zero attached hydrogens (tertiary/aromatic N) is 2. The van der Waals surface area contributed by atoms with Gasteiger partial charge in [0.15, 0.2) is 0 Å². The van der Waals surface area contributed by atoms with Crippen LogP contribution in [0.25, 0.3) is 0 Å². The van der Waals surface area contributed by atoms with E-state index in [0.29, 0.717) is 5.02 Å². The fourth-order valence-electron chi connectivity index (χ4n) is 2.55. The van der Waals surface area contributed by atoms with Gasteiger partial charge in [0.1, 0.15) is 0 Å². The lowest BCUT2D eigenvalue weighted by Gasteiger charge is -2.33. The molecule has 0 radical (unpaired) electrons. The molecular weight excluding hydrogens is 302 g/mol. The summed E-state index contributed by atoms with van der Waals surface area (Å²) in [5.41, 5.74) is 0.891. The van der Waals surface area contributed by atoms with E-state index in [1.54, 1.807) is 12.1 Å². The van der Waals surface area contributed by atoms with Crippen LogP contribution in [0.15, 0.2) is 24.3 Å². The number of carbonyl (C=O) groups is 2. The molecule has 0 spiro atoms. The maximum Gasteiger partial charge on any atom is 0.225 e. The maximum absolute atomic E-state index is 12.5. The highest BCUT2D eigenvalue weighted by Crippen LogP contribution is 2.21. The summed E-state index contributed by atoms with van der Waals surface area (Å²) in [6, 6.07) is 6.92. The summed E-state index contributed by atoms with van der Waals surface area (Å²) >= 11 is 5.90. The van der Waals surface area contributed by atoms with E-state index in [2.05, 4.69) is 17.3 Å². The Balaban J connectivity index is 2.04. The molecule has 6 heteroatoms. The number of likely N-dealkylation sites (N-methyl/N-ethyl adjacent to an activating group) is 1. The lowest BCUT2D eigenvalue weighted by atomic mass is 10.0. The molecule has 1 atom stereocenters. The Morgan fingerprint density at radius 2 is 1.77 bits per heavy atom. The molecule has 1 aromatic carbocycles. The van der Waals surface area contributed by atoms with Gasteiger partial charge < -0.3 is 15.1 Å². The zero-order valence-electron chi connectivity index (χ0n) is 13.0. The summed E-state index contributed by atoms with van der Waals surface area (Å²) in [4.78, 5) is 28.0. The van der Waals surface area contributed by atoms with Crippen LogP contribution in [0.2, 0.25) is 5.02 Å². The van der Waals surface area contributed by atoms with E-state index in [1.165, 1.54) is 6.92 Å². The molecule has 1 aliphatic heterocycles. The normalized spacial score (nSPS) is 17.1. The van der Waals surface area contributed by atoms with E-state index in [1.807, 2.05) is 17.0 Å². The van der Waals surface area contributed by atoms with E-state index in [-0.39, 0.29) is 24.3 Å². The molecule has 22 heavy (non-hydrogen) atoms. The minimum atomic E-state index is -0.318. The molecule has 2 rings (SSSR count). The smallest absolute Gasteiger partial charge is 0.225 e. The highest BCUT2D eigenvalue weighted by Gasteiger charge is 2.23. The van der Waals surface area contributed by atoms with Crippen LogP contribution in [0, 0.1) is 0 Å². The molecule has 0 aromatic heterocycles. The third kappa shape index (κ3) is 4.71. The van der Waals surface area contributed by atoms with Crippen LogP contribution in [0.5, 0.6) is 0 Å². The van der Waals surface area contributed by atoms with Crippen LogP contribution in [-0.4, -0.2) is 54.8 Å². The lowest BCUT2D eigenvalue weighted by Crippen LogP contribution is -2.48. The summed E-state index contributed by atoms with van der Waals surface area (Å²) in [7, 11) is 2.05. The monoisotopic (exact) mass is 323 g/mol. The van der Waals surface area contributed by atoms with Gasteiger partial charge in [-0.3, -0.25) is 9.59 Å². The van der Waals surface area contributed by atoms with Crippen molar-refractivity contribution in [1.29, 1.82) is 0 Å². The first-order valence-corrected chi connectivity index (χ1v) is 7.82. The van der Waals surface area contributed by atoms with Gasteiger partial charge in [-0.1, -0.05) is 23.7 Å². The van der Waals surface area contributed by atoms with Gasteiger partial charge >= 0.3 is 0 Å². The fraction of sp³-hybridized carbons (Fsp3) is 0.500. The maximum atomic E-state index is 12.5. The van der Waals surface area contributed by atoms with Crippen LogP contribution >= 0.6 is 11.6 Å². The summed E-state index contributed by atoms with van der Waals surface area (Å²) in [5, 5.41) is 3.49. The molecule has 1 heterocycles. The Morgan fingerprint density at radius 1 is 1.18 bits per heavy atom. The van der Waals surface area contributed by atoms with E-state index >= 15 is 0 Å². The largest absolute Gasteiger partial charge is 0.349 e. The third-order valence-electron chi connectivity index (χ3n) is 3.88. The predicted molar refractivity (Wildman–Crippen MR) is 86.7 cm³/mol. The minimum absolute atomic E-state index is 0.0711. The number of hydrogen-bond donors (Lipinski definition) is 1. The van der Waals surface area contributed by atoms with Crippen LogP contribution < -0.4 is 5.32 Å². The molecule has 1 N–H and O–H groups in total. The number of hydrogen-bond acceptors (Lipinski definition) is 3. The first-order valence-electron chi connectivity index (χ1n) is 7.44. The van der Waals surface area contributed by atoms with Crippen molar-refractivity contribution in [3.8, 4) is 0 Å². The second-order valence-corrected chi connectivity index (χ2v) is 6.13. The molecule has 2 amide bonds. The van der Waals surface area contributed by atoms with E-state index in [9.17, 15) is 9.59 Å². The Bertz CT molecular complexity index is 525. The van der Waals surface area contributed by atoms with Gasteiger partial charge in [-0.2, -0.15) is 0 Å². The molecular formula is C16H22ClN3O2. The number of amides is 2. The van der Waals surface area contributed by atoms with Crippen molar-refractivity contribution in [3.05, 3.63) is 34.9 Å². The SMILES string of the molecule is CC(=O)NC(CC(=O)N1CCN(C)CC1)c1ccc(Cl)cc1. The highest BCUT2D eigenvalue weighted by molar-refractivity contribution is 6.30. The number of carbonyl (C=O) groups excluding carboxylic acids is 2. The van der Waals surface area contributed by atoms with E-state index < -0.39 is 0 Å². The molecule has 1 unspecified atom stereocenters. The van der Waals surface area contributed by atoms with Gasteiger partial charge in [0.25, 0.3) is 0 Å². The molecule has 0 bridgehead atoms. The number of halogens is 1. The molecule has 1 saturated heterocycles. The number of nitrogens with one attached hydrogen (secondary N) is 1. The molecule has 0 aliphatic carbocycles. The van der Waals surface area contributed by atoms with Gasteiger partial charge in [0.2, 0.25) is 11.8 Å². The Kier molecular flexibility index (Phi) is 5.80. The van der Waals surface area contributed by atoms with Crippen LogP contribution in [0.1, 0.15) is 24.9 Å². The van der Waals surface area contributed by atoms with Crippen molar-refractivity contribution in [2.75, 3.05) is 33.2 Å². The predicted octanol–water partition coefficient (Wildman–Crippen LogP) is 1.68. The van der Waals surface area contributed by atoms with Gasteiger partial charge in [-0.15, -0.1) is 0 Å². The quantitative estimate of drug-likeness (QED) is 0.917. The number of benzene rings is 1. The lowest BCUT2D eigenvalue weighted by molar-refractivity contribution is -0.133. The van der Waals surface area contributed by atoms with E-state index in [4.69, 9.17) is 11.6 Å².